The molecule has 0 spiro atoms. The fraction of sp³-hybridized carbons (Fsp3) is 0.0250. The molecule has 6 aromatic carbocycles. The molecular formula is C40H29Cl2N3O3S. The lowest BCUT2D eigenvalue weighted by Crippen LogP contribution is -2.30. The molecule has 1 atom stereocenters. The minimum Gasteiger partial charge on any atom is -0.325 e. The van der Waals surface area contributed by atoms with Gasteiger partial charge in [-0.2, -0.15) is 0 Å². The third kappa shape index (κ3) is 8.77. The predicted octanol–water partition coefficient (Wildman–Crippen LogP) is 10.0. The number of hydrogen-bond donors (Lipinski definition) is 3. The first-order valence-electron chi connectivity index (χ1n) is 15.3. The van der Waals surface area contributed by atoms with Crippen molar-refractivity contribution in [2.24, 2.45) is 0 Å². The van der Waals surface area contributed by atoms with Crippen molar-refractivity contribution in [3.8, 4) is 0 Å². The Hall–Kier alpha value is -5.34. The average Bonchev–Trinajstić information content (AvgIpc) is 3.12. The Morgan fingerprint density at radius 2 is 1.33 bits per heavy atom. The zero-order chi connectivity index (χ0) is 34.2. The van der Waals surface area contributed by atoms with E-state index in [-0.39, 0.29) is 11.6 Å². The molecule has 3 amide bonds. The van der Waals surface area contributed by atoms with Crippen LogP contribution in [0.3, 0.4) is 0 Å². The molecule has 0 aliphatic heterocycles. The summed E-state index contributed by atoms with van der Waals surface area (Å²) in [6.07, 6.45) is 1.50. The Morgan fingerprint density at radius 1 is 0.633 bits per heavy atom. The minimum atomic E-state index is -0.591. The van der Waals surface area contributed by atoms with Gasteiger partial charge in [0.1, 0.15) is 10.9 Å². The van der Waals surface area contributed by atoms with E-state index in [4.69, 9.17) is 23.2 Å². The number of carbonyl (C=O) groups excluding carboxylic acids is 3. The number of rotatable bonds is 10. The second-order valence-electron chi connectivity index (χ2n) is 11.0. The van der Waals surface area contributed by atoms with Gasteiger partial charge >= 0.3 is 0 Å². The Bertz CT molecular complexity index is 2180. The molecule has 242 valence electrons. The summed E-state index contributed by atoms with van der Waals surface area (Å²) in [4.78, 5) is 41.3. The van der Waals surface area contributed by atoms with E-state index >= 15 is 0 Å². The highest BCUT2D eigenvalue weighted by molar-refractivity contribution is 8.00. The molecule has 0 radical (unpaired) electrons. The molecule has 0 heterocycles. The summed E-state index contributed by atoms with van der Waals surface area (Å²) in [5, 5.41) is 11.0. The first kappa shape index (κ1) is 33.6. The molecule has 6 nitrogen and oxygen atoms in total. The monoisotopic (exact) mass is 701 g/mol. The topological polar surface area (TPSA) is 87.3 Å². The van der Waals surface area contributed by atoms with Gasteiger partial charge < -0.3 is 16.0 Å². The molecule has 0 fully saturated rings. The average molecular weight is 703 g/mol. The molecule has 0 aliphatic rings. The Balaban J connectivity index is 1.24. The third-order valence-corrected chi connectivity index (χ3v) is 9.30. The molecule has 0 saturated heterocycles. The van der Waals surface area contributed by atoms with Crippen LogP contribution in [0.25, 0.3) is 16.8 Å². The van der Waals surface area contributed by atoms with E-state index in [0.717, 1.165) is 21.2 Å². The van der Waals surface area contributed by atoms with E-state index in [1.54, 1.807) is 66.7 Å². The summed E-state index contributed by atoms with van der Waals surface area (Å²) >= 11 is 13.8. The van der Waals surface area contributed by atoms with Gasteiger partial charge in [-0.3, -0.25) is 14.4 Å². The van der Waals surface area contributed by atoms with Crippen molar-refractivity contribution in [2.45, 2.75) is 10.1 Å². The molecule has 49 heavy (non-hydrogen) atoms. The Morgan fingerprint density at radius 3 is 2.08 bits per heavy atom. The number of halogens is 2. The summed E-state index contributed by atoms with van der Waals surface area (Å²) in [5.74, 6) is -1.21. The molecule has 0 aliphatic carbocycles. The zero-order valence-electron chi connectivity index (χ0n) is 25.9. The lowest BCUT2D eigenvalue weighted by atomic mass is 10.1. The van der Waals surface area contributed by atoms with Gasteiger partial charge in [-0.1, -0.05) is 114 Å². The fourth-order valence-corrected chi connectivity index (χ4v) is 6.62. The molecule has 0 bridgehead atoms. The van der Waals surface area contributed by atoms with Crippen LogP contribution < -0.4 is 16.0 Å². The van der Waals surface area contributed by atoms with Gasteiger partial charge in [0, 0.05) is 31.9 Å². The number of hydrogen-bond acceptors (Lipinski definition) is 4. The maximum Gasteiger partial charge on any atom is 0.272 e. The van der Waals surface area contributed by atoms with Gasteiger partial charge in [-0.05, 0) is 82.6 Å². The first-order chi connectivity index (χ1) is 23.8. The van der Waals surface area contributed by atoms with Gasteiger partial charge in [0.2, 0.25) is 5.91 Å². The fourth-order valence-electron chi connectivity index (χ4n) is 5.07. The van der Waals surface area contributed by atoms with E-state index in [0.29, 0.717) is 32.5 Å². The van der Waals surface area contributed by atoms with Gasteiger partial charge in [0.25, 0.3) is 11.8 Å². The van der Waals surface area contributed by atoms with Crippen LogP contribution in [-0.2, 0) is 9.59 Å². The molecule has 6 aromatic rings. The number of thioether (sulfide) groups is 1. The number of fused-ring (bicyclic) bond motifs is 1. The maximum absolute atomic E-state index is 13.8. The van der Waals surface area contributed by atoms with Crippen molar-refractivity contribution in [2.75, 3.05) is 10.6 Å². The summed E-state index contributed by atoms with van der Waals surface area (Å²) in [7, 11) is 0. The quantitative estimate of drug-likeness (QED) is 0.0980. The number of anilines is 2. The first-order valence-corrected chi connectivity index (χ1v) is 16.9. The zero-order valence-corrected chi connectivity index (χ0v) is 28.2. The highest BCUT2D eigenvalue weighted by atomic mass is 35.5. The third-order valence-electron chi connectivity index (χ3n) is 7.49. The number of carbonyl (C=O) groups is 3. The molecule has 3 N–H and O–H groups in total. The van der Waals surface area contributed by atoms with Crippen molar-refractivity contribution in [3.63, 3.8) is 0 Å². The smallest absolute Gasteiger partial charge is 0.272 e. The maximum atomic E-state index is 13.8. The van der Waals surface area contributed by atoms with Crippen molar-refractivity contribution >= 4 is 80.9 Å². The van der Waals surface area contributed by atoms with Crippen molar-refractivity contribution in [1.82, 2.24) is 5.32 Å². The highest BCUT2D eigenvalue weighted by Gasteiger charge is 2.23. The summed E-state index contributed by atoms with van der Waals surface area (Å²) in [6, 6.07) is 44.0. The lowest BCUT2D eigenvalue weighted by Gasteiger charge is -2.18. The molecule has 9 heteroatoms. The summed E-state index contributed by atoms with van der Waals surface area (Å²) in [5.41, 5.74) is 2.86. The van der Waals surface area contributed by atoms with E-state index in [9.17, 15) is 14.4 Å². The van der Waals surface area contributed by atoms with Gasteiger partial charge in [0.05, 0.1) is 0 Å². The second kappa shape index (κ2) is 15.7. The van der Waals surface area contributed by atoms with Crippen LogP contribution in [-0.4, -0.2) is 17.7 Å². The lowest BCUT2D eigenvalue weighted by molar-refractivity contribution is -0.116. The van der Waals surface area contributed by atoms with E-state index in [2.05, 4.69) is 16.0 Å². The minimum absolute atomic E-state index is 0.0203. The molecule has 0 aromatic heterocycles. The molecule has 6 rings (SSSR count). The van der Waals surface area contributed by atoms with Crippen LogP contribution in [0.5, 0.6) is 0 Å². The van der Waals surface area contributed by atoms with E-state index in [1.165, 1.54) is 17.8 Å². The number of nitrogens with one attached hydrogen (secondary N) is 3. The van der Waals surface area contributed by atoms with Gasteiger partial charge in [-0.15, -0.1) is 11.8 Å². The van der Waals surface area contributed by atoms with Crippen LogP contribution >= 0.6 is 35.0 Å². The van der Waals surface area contributed by atoms with Crippen LogP contribution in [0.2, 0.25) is 10.0 Å². The van der Waals surface area contributed by atoms with Crippen molar-refractivity contribution in [3.05, 3.63) is 178 Å². The number of amides is 3. The largest absolute Gasteiger partial charge is 0.325 e. The number of benzene rings is 6. The molecule has 0 saturated carbocycles. The second-order valence-corrected chi connectivity index (χ2v) is 13.0. The van der Waals surface area contributed by atoms with Crippen molar-refractivity contribution < 1.29 is 14.4 Å². The van der Waals surface area contributed by atoms with Crippen LogP contribution in [0, 0.1) is 0 Å². The summed E-state index contributed by atoms with van der Waals surface area (Å²) in [6.45, 7) is 0. The molecular weight excluding hydrogens is 673 g/mol. The molecule has 1 unspecified atom stereocenters. The SMILES string of the molecule is O=C(Nc1cccc(SC(C(=O)Nc2ccc3ccccc3c2)c2ccccc2)c1)/C(=C\c1ccc(Cl)cc1Cl)NC(=O)c1ccccc1. The van der Waals surface area contributed by atoms with Crippen LogP contribution in [0.1, 0.15) is 26.7 Å². The highest BCUT2D eigenvalue weighted by Crippen LogP contribution is 2.37. The van der Waals surface area contributed by atoms with E-state index < -0.39 is 17.1 Å². The predicted molar refractivity (Wildman–Crippen MR) is 201 cm³/mol. The standard InChI is InChI=1S/C40H29Cl2N3O3S/c41-31-20-18-30(35(42)24-31)23-36(45-38(46)28-13-5-2-6-14-28)39(47)43-32-16-9-17-34(25-32)49-37(27-11-3-1-4-12-27)40(48)44-33-21-19-26-10-7-8-15-29(26)22-33/h1-25,37H,(H,43,47)(H,44,48)(H,45,46)/b36-23+. The van der Waals surface area contributed by atoms with E-state index in [1.807, 2.05) is 78.9 Å². The summed E-state index contributed by atoms with van der Waals surface area (Å²) < 4.78 is 0. The van der Waals surface area contributed by atoms with Crippen LogP contribution in [0.4, 0.5) is 11.4 Å². The van der Waals surface area contributed by atoms with Crippen LogP contribution in [0.15, 0.2) is 156 Å². The Kier molecular flexibility index (Phi) is 10.8. The van der Waals surface area contributed by atoms with Gasteiger partial charge in [0.15, 0.2) is 0 Å². The van der Waals surface area contributed by atoms with Gasteiger partial charge in [-0.25, -0.2) is 0 Å². The Labute approximate surface area is 298 Å². The van der Waals surface area contributed by atoms with Crippen molar-refractivity contribution in [1.29, 1.82) is 0 Å². The normalized spacial score (nSPS) is 11.8.